The normalized spacial score (nSPS) is 50.6. The molecule has 7 unspecified atom stereocenters. The molecule has 19 heavy (non-hydrogen) atoms. The van der Waals surface area contributed by atoms with Gasteiger partial charge >= 0.3 is 0 Å². The van der Waals surface area contributed by atoms with E-state index in [1.807, 2.05) is 0 Å². The minimum absolute atomic E-state index is 0.741. The lowest BCUT2D eigenvalue weighted by molar-refractivity contribution is -0.130. The molecule has 0 aliphatic heterocycles. The van der Waals surface area contributed by atoms with Gasteiger partial charge in [-0.2, -0.15) is 0 Å². The van der Waals surface area contributed by atoms with Crippen LogP contribution in [0.25, 0.3) is 0 Å². The molecule has 0 N–H and O–H groups in total. The van der Waals surface area contributed by atoms with E-state index in [0.29, 0.717) is 0 Å². The van der Waals surface area contributed by atoms with Gasteiger partial charge in [0.2, 0.25) is 0 Å². The number of hydrogen-bond acceptors (Lipinski definition) is 0. The van der Waals surface area contributed by atoms with Crippen LogP contribution >= 0.6 is 0 Å². The first-order valence-corrected chi connectivity index (χ1v) is 8.75. The summed E-state index contributed by atoms with van der Waals surface area (Å²) in [5.41, 5.74) is 0.741. The molecular formula is C19H32. The largest absolute Gasteiger partial charge is 0.103 e. The molecule has 3 rings (SSSR count). The van der Waals surface area contributed by atoms with Crippen molar-refractivity contribution in [3.8, 4) is 0 Å². The smallest absolute Gasteiger partial charge is 0.0140 e. The molecule has 3 aliphatic carbocycles. The van der Waals surface area contributed by atoms with Gasteiger partial charge in [-0.05, 0) is 59.7 Å². The van der Waals surface area contributed by atoms with Gasteiger partial charge in [0, 0.05) is 0 Å². The molecular weight excluding hydrogens is 228 g/mol. The molecule has 0 heterocycles. The summed E-state index contributed by atoms with van der Waals surface area (Å²) >= 11 is 0. The topological polar surface area (TPSA) is 0 Å². The second-order valence-electron chi connectivity index (χ2n) is 7.90. The molecule has 0 aromatic rings. The van der Waals surface area contributed by atoms with Crippen molar-refractivity contribution in [3.63, 3.8) is 0 Å². The highest BCUT2D eigenvalue weighted by Crippen LogP contribution is 2.85. The third kappa shape index (κ3) is 1.58. The van der Waals surface area contributed by atoms with Crippen LogP contribution in [0.1, 0.15) is 59.8 Å². The van der Waals surface area contributed by atoms with E-state index in [1.54, 1.807) is 6.42 Å². The number of unbranched alkanes of at least 4 members (excludes halogenated alkanes) is 1. The fourth-order valence-corrected chi connectivity index (χ4v) is 6.65. The minimum Gasteiger partial charge on any atom is -0.103 e. The summed E-state index contributed by atoms with van der Waals surface area (Å²) in [5.74, 6) is 6.83. The van der Waals surface area contributed by atoms with Crippen LogP contribution in [0.2, 0.25) is 0 Å². The van der Waals surface area contributed by atoms with E-state index < -0.39 is 0 Å². The maximum Gasteiger partial charge on any atom is -0.0140 e. The molecule has 0 saturated heterocycles. The van der Waals surface area contributed by atoms with E-state index in [2.05, 4.69) is 40.3 Å². The van der Waals surface area contributed by atoms with E-state index in [1.165, 1.54) is 25.7 Å². The Balaban J connectivity index is 1.89. The van der Waals surface area contributed by atoms with Gasteiger partial charge in [0.05, 0.1) is 0 Å². The Morgan fingerprint density at radius 1 is 1.32 bits per heavy atom. The summed E-state index contributed by atoms with van der Waals surface area (Å²) in [4.78, 5) is 0. The first kappa shape index (κ1) is 13.7. The van der Waals surface area contributed by atoms with E-state index in [9.17, 15) is 0 Å². The molecule has 0 heteroatoms. The molecule has 0 aromatic heterocycles. The standard InChI is InChI=1S/C19H32/c1-6-9-10-13-14(7-2)19-11-16(19)18(15(19)8-3)17(13)12(4)5/h8,12-18H,3,6-7,9-11H2,1-2,4-5H3. The Hall–Kier alpha value is -0.260. The van der Waals surface area contributed by atoms with Crippen molar-refractivity contribution in [1.82, 2.24) is 0 Å². The van der Waals surface area contributed by atoms with Crippen molar-refractivity contribution in [2.45, 2.75) is 59.8 Å². The van der Waals surface area contributed by atoms with Crippen LogP contribution in [0.15, 0.2) is 12.7 Å². The maximum absolute atomic E-state index is 4.19. The third-order valence-electron chi connectivity index (χ3n) is 7.10. The molecule has 0 aromatic carbocycles. The predicted octanol–water partition coefficient (Wildman–Crippen LogP) is 5.54. The van der Waals surface area contributed by atoms with E-state index in [4.69, 9.17) is 0 Å². The van der Waals surface area contributed by atoms with E-state index in [0.717, 1.165) is 46.8 Å². The summed E-state index contributed by atoms with van der Waals surface area (Å²) in [6.07, 6.45) is 9.58. The molecule has 0 nitrogen and oxygen atoms in total. The Morgan fingerprint density at radius 2 is 2.05 bits per heavy atom. The summed E-state index contributed by atoms with van der Waals surface area (Å²) in [7, 11) is 0. The molecule has 2 bridgehead atoms. The van der Waals surface area contributed by atoms with Crippen molar-refractivity contribution in [1.29, 1.82) is 0 Å². The maximum atomic E-state index is 4.19. The molecule has 0 amide bonds. The van der Waals surface area contributed by atoms with Gasteiger partial charge in [-0.1, -0.05) is 53.0 Å². The summed E-state index contributed by atoms with van der Waals surface area (Å²) < 4.78 is 0. The number of fused-ring (bicyclic) bond motifs is 2. The van der Waals surface area contributed by atoms with Gasteiger partial charge < -0.3 is 0 Å². The lowest BCUT2D eigenvalue weighted by Crippen LogP contribution is -2.57. The van der Waals surface area contributed by atoms with E-state index in [-0.39, 0.29) is 0 Å². The predicted molar refractivity (Wildman–Crippen MR) is 82.8 cm³/mol. The minimum atomic E-state index is 0.741. The first-order chi connectivity index (χ1) is 9.13. The molecule has 3 saturated carbocycles. The monoisotopic (exact) mass is 260 g/mol. The fraction of sp³-hybridized carbons (Fsp3) is 0.895. The van der Waals surface area contributed by atoms with Gasteiger partial charge in [0.1, 0.15) is 0 Å². The summed E-state index contributed by atoms with van der Waals surface area (Å²) in [6, 6.07) is 0. The van der Waals surface area contributed by atoms with Crippen LogP contribution in [0.3, 0.4) is 0 Å². The van der Waals surface area contributed by atoms with Crippen molar-refractivity contribution in [2.24, 2.45) is 46.8 Å². The highest BCUT2D eigenvalue weighted by atomic mass is 14.8. The molecule has 108 valence electrons. The zero-order valence-corrected chi connectivity index (χ0v) is 13.4. The Labute approximate surface area is 120 Å². The van der Waals surface area contributed by atoms with Crippen LogP contribution in [0.4, 0.5) is 0 Å². The summed E-state index contributed by atoms with van der Waals surface area (Å²) in [5, 5.41) is 0. The average Bonchev–Trinajstić information content (AvgIpc) is 3.04. The number of allylic oxidation sites excluding steroid dienone is 1. The van der Waals surface area contributed by atoms with Crippen LogP contribution in [-0.4, -0.2) is 0 Å². The highest BCUT2D eigenvalue weighted by molar-refractivity contribution is 5.31. The Bertz CT molecular complexity index is 355. The number of hydrogen-bond donors (Lipinski definition) is 0. The second-order valence-corrected chi connectivity index (χ2v) is 7.90. The molecule has 3 fully saturated rings. The Morgan fingerprint density at radius 3 is 2.58 bits per heavy atom. The van der Waals surface area contributed by atoms with Crippen LogP contribution in [0, 0.1) is 46.8 Å². The van der Waals surface area contributed by atoms with Crippen molar-refractivity contribution in [2.75, 3.05) is 0 Å². The highest BCUT2D eigenvalue weighted by Gasteiger charge is 2.80. The first-order valence-electron chi connectivity index (χ1n) is 8.75. The lowest BCUT2D eigenvalue weighted by atomic mass is 9.43. The summed E-state index contributed by atoms with van der Waals surface area (Å²) in [6.45, 7) is 13.9. The SMILES string of the molecule is C=CC1C2C(C(C)C)C(CCCC)C(CC)C13CC23. The van der Waals surface area contributed by atoms with Crippen molar-refractivity contribution < 1.29 is 0 Å². The van der Waals surface area contributed by atoms with Gasteiger partial charge in [-0.3, -0.25) is 0 Å². The van der Waals surface area contributed by atoms with Crippen LogP contribution in [0.5, 0.6) is 0 Å². The van der Waals surface area contributed by atoms with Gasteiger partial charge in [0.25, 0.3) is 0 Å². The lowest BCUT2D eigenvalue weighted by Gasteiger charge is -2.62. The fourth-order valence-electron chi connectivity index (χ4n) is 6.65. The average molecular weight is 260 g/mol. The van der Waals surface area contributed by atoms with Gasteiger partial charge in [0.15, 0.2) is 0 Å². The van der Waals surface area contributed by atoms with Crippen molar-refractivity contribution in [3.05, 3.63) is 12.7 Å². The molecule has 1 spiro atoms. The van der Waals surface area contributed by atoms with Crippen molar-refractivity contribution >= 4 is 0 Å². The molecule has 0 radical (unpaired) electrons. The van der Waals surface area contributed by atoms with Gasteiger partial charge in [-0.15, -0.1) is 6.58 Å². The van der Waals surface area contributed by atoms with Crippen LogP contribution < -0.4 is 0 Å². The zero-order valence-electron chi connectivity index (χ0n) is 13.4. The second kappa shape index (κ2) is 4.64. The molecule has 7 atom stereocenters. The van der Waals surface area contributed by atoms with Gasteiger partial charge in [-0.25, -0.2) is 0 Å². The van der Waals surface area contributed by atoms with E-state index >= 15 is 0 Å². The number of rotatable bonds is 6. The zero-order chi connectivity index (χ0) is 13.8. The quantitative estimate of drug-likeness (QED) is 0.550. The molecule has 3 aliphatic rings. The van der Waals surface area contributed by atoms with Crippen LogP contribution in [-0.2, 0) is 0 Å². The Kier molecular flexibility index (Phi) is 3.35. The third-order valence-corrected chi connectivity index (χ3v) is 7.10.